The average molecular weight is 533 g/mol. The molecule has 0 bridgehead atoms. The Kier molecular flexibility index (Phi) is 4.17. The summed E-state index contributed by atoms with van der Waals surface area (Å²) in [5.74, 6) is 0. The molecule has 116 valence electrons. The van der Waals surface area contributed by atoms with Crippen molar-refractivity contribution in [1.29, 1.82) is 0 Å². The minimum absolute atomic E-state index is 0.300. The first-order valence-corrected chi connectivity index (χ1v) is 12.6. The number of benzene rings is 2. The summed E-state index contributed by atoms with van der Waals surface area (Å²) in [6, 6.07) is 13.7. The molecule has 0 aliphatic heterocycles. The van der Waals surface area contributed by atoms with Crippen molar-refractivity contribution in [2.45, 2.75) is 38.9 Å². The van der Waals surface area contributed by atoms with E-state index in [0.717, 1.165) is 0 Å². The van der Waals surface area contributed by atoms with Gasteiger partial charge in [-0.25, -0.2) is 0 Å². The van der Waals surface area contributed by atoms with Crippen LogP contribution in [0.25, 0.3) is 21.8 Å². The van der Waals surface area contributed by atoms with Crippen molar-refractivity contribution in [3.63, 3.8) is 0 Å². The molecule has 0 aliphatic rings. The van der Waals surface area contributed by atoms with Crippen molar-refractivity contribution in [1.82, 2.24) is 4.23 Å². The highest BCUT2D eigenvalue weighted by Gasteiger charge is 2.39. The first-order valence-electron chi connectivity index (χ1n) is 7.52. The second-order valence-corrected chi connectivity index (χ2v) is 15.0. The van der Waals surface area contributed by atoms with E-state index < -0.39 is 8.24 Å². The summed E-state index contributed by atoms with van der Waals surface area (Å²) in [6.45, 7) is 12.1. The molecule has 1 heterocycles. The Balaban J connectivity index is 2.54. The van der Waals surface area contributed by atoms with Gasteiger partial charge in [0.15, 0.2) is 8.24 Å². The lowest BCUT2D eigenvalue weighted by molar-refractivity contribution is 0.705. The fourth-order valence-electron chi connectivity index (χ4n) is 2.90. The maximum absolute atomic E-state index is 2.68. The largest absolute Gasteiger partial charge is 0.368 e. The van der Waals surface area contributed by atoms with Crippen molar-refractivity contribution < 1.29 is 0 Å². The van der Waals surface area contributed by atoms with Gasteiger partial charge in [0, 0.05) is 28.9 Å². The zero-order valence-corrected chi connectivity index (χ0v) is 19.0. The van der Waals surface area contributed by atoms with Gasteiger partial charge in [-0.3, -0.25) is 0 Å². The molecule has 0 amide bonds. The van der Waals surface area contributed by atoms with E-state index >= 15 is 0 Å². The lowest BCUT2D eigenvalue weighted by Gasteiger charge is -2.39. The quantitative estimate of drug-likeness (QED) is 0.238. The van der Waals surface area contributed by atoms with Crippen LogP contribution in [0.5, 0.6) is 0 Å². The van der Waals surface area contributed by atoms with Gasteiger partial charge in [0.05, 0.1) is 0 Å². The number of rotatable bonds is 1. The molecule has 22 heavy (non-hydrogen) atoms. The number of halogens is 2. The normalized spacial score (nSPS) is 13.2. The Morgan fingerprint density at radius 2 is 1.23 bits per heavy atom. The van der Waals surface area contributed by atoms with Crippen molar-refractivity contribution in [2.75, 3.05) is 0 Å². The highest BCUT2D eigenvalue weighted by atomic mass is 127. The molecule has 0 unspecified atom stereocenters. The van der Waals surface area contributed by atoms with Crippen molar-refractivity contribution in [3.8, 4) is 0 Å². The predicted octanol–water partition coefficient (Wildman–Crippen LogP) is 6.86. The summed E-state index contributed by atoms with van der Waals surface area (Å²) in [7, 11) is -1.69. The molecule has 0 saturated heterocycles. The molecular weight excluding hydrogens is 512 g/mol. The summed E-state index contributed by atoms with van der Waals surface area (Å²) < 4.78 is 5.30. The molecule has 1 aromatic heterocycles. The molecule has 0 saturated carbocycles. The van der Waals surface area contributed by atoms with Crippen LogP contribution in [0, 0.1) is 7.14 Å². The van der Waals surface area contributed by atoms with E-state index in [0.29, 0.717) is 5.04 Å². The Hall–Kier alpha value is -0.0831. The molecular formula is C18H21I2NSi. The molecule has 3 rings (SSSR count). The van der Waals surface area contributed by atoms with Crippen LogP contribution in [0.1, 0.15) is 20.8 Å². The SMILES string of the molecule is CC(C)(C)[Si](C)(C)n1c2cc(I)ccc2c2ccc(I)cc21. The average Bonchev–Trinajstić information content (AvgIpc) is 2.69. The van der Waals surface area contributed by atoms with Crippen molar-refractivity contribution >= 4 is 75.2 Å². The van der Waals surface area contributed by atoms with Gasteiger partial charge in [-0.05, 0) is 74.5 Å². The second kappa shape index (κ2) is 5.48. The van der Waals surface area contributed by atoms with Crippen LogP contribution >= 0.6 is 45.2 Å². The molecule has 0 radical (unpaired) electrons. The third-order valence-electron chi connectivity index (χ3n) is 5.09. The summed E-state index contributed by atoms with van der Waals surface area (Å²) in [4.78, 5) is 0. The maximum Gasteiger partial charge on any atom is 0.161 e. The van der Waals surface area contributed by atoms with E-state index in [1.165, 1.54) is 28.9 Å². The molecule has 0 fully saturated rings. The first kappa shape index (κ1) is 16.8. The van der Waals surface area contributed by atoms with E-state index in [1.807, 2.05) is 0 Å². The van der Waals surface area contributed by atoms with Gasteiger partial charge in [-0.15, -0.1) is 0 Å². The van der Waals surface area contributed by atoms with E-state index in [-0.39, 0.29) is 0 Å². The van der Waals surface area contributed by atoms with Gasteiger partial charge in [-0.2, -0.15) is 0 Å². The molecule has 3 aromatic rings. The monoisotopic (exact) mass is 533 g/mol. The van der Waals surface area contributed by atoms with Gasteiger partial charge in [0.2, 0.25) is 0 Å². The summed E-state index contributed by atoms with van der Waals surface area (Å²) in [6.07, 6.45) is 0. The topological polar surface area (TPSA) is 4.93 Å². The summed E-state index contributed by atoms with van der Waals surface area (Å²) >= 11 is 4.85. The Morgan fingerprint density at radius 3 is 1.59 bits per heavy atom. The minimum Gasteiger partial charge on any atom is -0.368 e. The standard InChI is InChI=1S/C18H21I2NSi/c1-18(2,3)22(4,5)21-16-10-12(19)6-8-14(16)15-9-7-13(20)11-17(15)21/h6-11H,1-5H3. The Morgan fingerprint density at radius 1 is 0.818 bits per heavy atom. The van der Waals surface area contributed by atoms with Gasteiger partial charge in [0.25, 0.3) is 0 Å². The highest BCUT2D eigenvalue weighted by molar-refractivity contribution is 14.1. The molecule has 0 spiro atoms. The van der Waals surface area contributed by atoms with Crippen LogP contribution in [0.2, 0.25) is 18.1 Å². The fourth-order valence-corrected chi connectivity index (χ4v) is 6.10. The van der Waals surface area contributed by atoms with Crippen LogP contribution in [-0.4, -0.2) is 12.5 Å². The van der Waals surface area contributed by atoms with Crippen LogP contribution in [-0.2, 0) is 0 Å². The summed E-state index contributed by atoms with van der Waals surface area (Å²) in [5, 5.41) is 3.07. The third kappa shape index (κ3) is 2.55. The summed E-state index contributed by atoms with van der Waals surface area (Å²) in [5.41, 5.74) is 2.80. The Bertz CT molecular complexity index is 813. The van der Waals surface area contributed by atoms with Gasteiger partial charge >= 0.3 is 0 Å². The molecule has 0 aliphatic carbocycles. The van der Waals surface area contributed by atoms with E-state index in [4.69, 9.17) is 0 Å². The number of nitrogens with zero attached hydrogens (tertiary/aromatic N) is 1. The zero-order valence-electron chi connectivity index (χ0n) is 13.7. The fraction of sp³-hybridized carbons (Fsp3) is 0.333. The van der Waals surface area contributed by atoms with E-state index in [2.05, 4.69) is 120 Å². The van der Waals surface area contributed by atoms with Crippen molar-refractivity contribution in [3.05, 3.63) is 43.5 Å². The Labute approximate surface area is 160 Å². The number of aromatic nitrogens is 1. The van der Waals surface area contributed by atoms with Crippen LogP contribution in [0.3, 0.4) is 0 Å². The van der Waals surface area contributed by atoms with E-state index in [1.54, 1.807) is 0 Å². The van der Waals surface area contributed by atoms with Crippen molar-refractivity contribution in [2.24, 2.45) is 0 Å². The highest BCUT2D eigenvalue weighted by Crippen LogP contribution is 2.42. The lowest BCUT2D eigenvalue weighted by atomic mass is 10.2. The first-order chi connectivity index (χ1) is 10.1. The number of fused-ring (bicyclic) bond motifs is 3. The van der Waals surface area contributed by atoms with Gasteiger partial charge in [-0.1, -0.05) is 46.0 Å². The van der Waals surface area contributed by atoms with Crippen LogP contribution in [0.15, 0.2) is 36.4 Å². The number of hydrogen-bond donors (Lipinski definition) is 0. The van der Waals surface area contributed by atoms with E-state index in [9.17, 15) is 0 Å². The van der Waals surface area contributed by atoms with Gasteiger partial charge in [0.1, 0.15) is 0 Å². The molecule has 0 N–H and O–H groups in total. The lowest BCUT2D eigenvalue weighted by Crippen LogP contribution is -2.45. The molecule has 0 atom stereocenters. The predicted molar refractivity (Wildman–Crippen MR) is 117 cm³/mol. The number of hydrogen-bond acceptors (Lipinski definition) is 0. The smallest absolute Gasteiger partial charge is 0.161 e. The molecule has 1 nitrogen and oxygen atoms in total. The van der Waals surface area contributed by atoms with Crippen LogP contribution in [0.4, 0.5) is 0 Å². The molecule has 2 aromatic carbocycles. The third-order valence-corrected chi connectivity index (χ3v) is 11.7. The zero-order chi connectivity index (χ0) is 16.3. The maximum atomic E-state index is 2.68. The second-order valence-electron chi connectivity index (χ2n) is 7.47. The minimum atomic E-state index is -1.69. The molecule has 4 heteroatoms. The van der Waals surface area contributed by atoms with Gasteiger partial charge < -0.3 is 4.23 Å². The van der Waals surface area contributed by atoms with Crippen LogP contribution < -0.4 is 0 Å².